The Morgan fingerprint density at radius 1 is 1.88 bits per heavy atom. The highest BCUT2D eigenvalue weighted by Gasteiger charge is 2.10. The van der Waals surface area contributed by atoms with E-state index in [-0.39, 0.29) is 5.96 Å². The van der Waals surface area contributed by atoms with Gasteiger partial charge in [0, 0.05) is 5.10 Å². The Hall–Kier alpha value is -1.41. The molecule has 0 aliphatic carbocycles. The summed E-state index contributed by atoms with van der Waals surface area (Å²) in [6.45, 7) is 0. The van der Waals surface area contributed by atoms with Crippen LogP contribution in [0.2, 0.25) is 0 Å². The maximum atomic E-state index is 6.81. The molecule has 1 aliphatic rings. The predicted octanol–water partition coefficient (Wildman–Crippen LogP) is -0.428. The van der Waals surface area contributed by atoms with Gasteiger partial charge in [-0.15, -0.1) is 0 Å². The molecule has 3 N–H and O–H groups in total. The Balaban J connectivity index is 2.62. The second-order valence-corrected chi connectivity index (χ2v) is 1.27. The number of hydrogen-bond acceptors (Lipinski definition) is 2. The van der Waals surface area contributed by atoms with Crippen LogP contribution in [0.5, 0.6) is 0 Å². The van der Waals surface area contributed by atoms with Gasteiger partial charge in [-0.05, 0) is 0 Å². The summed E-state index contributed by atoms with van der Waals surface area (Å²) in [5.41, 5.74) is 5.02. The van der Waals surface area contributed by atoms with Gasteiger partial charge in [0.15, 0.2) is 6.20 Å². The summed E-state index contributed by atoms with van der Waals surface area (Å²) in [6, 6.07) is 0. The van der Waals surface area contributed by atoms with Crippen molar-refractivity contribution in [2.45, 2.75) is 0 Å². The molecule has 40 valence electrons. The molecule has 0 aromatic carbocycles. The minimum absolute atomic E-state index is 0.0914. The van der Waals surface area contributed by atoms with Gasteiger partial charge in [0.05, 0.1) is 0 Å². The van der Waals surface area contributed by atoms with Crippen molar-refractivity contribution in [3.05, 3.63) is 12.3 Å². The first-order chi connectivity index (χ1) is 3.80. The maximum absolute atomic E-state index is 6.81. The lowest BCUT2D eigenvalue weighted by molar-refractivity contribution is 0.605. The van der Waals surface area contributed by atoms with Crippen LogP contribution in [0.25, 0.3) is 0 Å². The van der Waals surface area contributed by atoms with E-state index in [4.69, 9.17) is 11.1 Å². The van der Waals surface area contributed by atoms with Crippen LogP contribution in [0.15, 0.2) is 17.4 Å². The van der Waals surface area contributed by atoms with Gasteiger partial charge in [-0.2, -0.15) is 0 Å². The zero-order chi connectivity index (χ0) is 5.98. The van der Waals surface area contributed by atoms with E-state index in [1.54, 1.807) is 12.3 Å². The van der Waals surface area contributed by atoms with Crippen molar-refractivity contribution in [3.8, 4) is 0 Å². The van der Waals surface area contributed by atoms with Crippen LogP contribution < -0.4 is 5.73 Å². The molecule has 0 bridgehead atoms. The molecule has 0 saturated carbocycles. The smallest absolute Gasteiger partial charge is 0.242 e. The van der Waals surface area contributed by atoms with Crippen LogP contribution in [0.1, 0.15) is 0 Å². The topological polar surface area (TPSA) is 65.5 Å². The number of rotatable bonds is 0. The van der Waals surface area contributed by atoms with Crippen LogP contribution in [0, 0.1) is 5.41 Å². The van der Waals surface area contributed by atoms with E-state index in [2.05, 4.69) is 11.3 Å². The van der Waals surface area contributed by atoms with E-state index in [1.807, 2.05) is 0 Å². The van der Waals surface area contributed by atoms with Crippen LogP contribution >= 0.6 is 0 Å². The molecule has 0 aromatic rings. The van der Waals surface area contributed by atoms with E-state index in [1.165, 1.54) is 5.01 Å². The third kappa shape index (κ3) is 0.643. The molecule has 0 spiro atoms. The van der Waals surface area contributed by atoms with Crippen molar-refractivity contribution >= 4 is 12.2 Å². The fourth-order valence-electron chi connectivity index (χ4n) is 0.367. The third-order valence-corrected chi connectivity index (χ3v) is 0.703. The quantitative estimate of drug-likeness (QED) is 0.252. The molecule has 1 aliphatic heterocycles. The lowest BCUT2D eigenvalue weighted by Crippen LogP contribution is -2.25. The Labute approximate surface area is 46.8 Å². The van der Waals surface area contributed by atoms with Gasteiger partial charge in [0.1, 0.15) is 0 Å². The Bertz CT molecular complexity index is 145. The van der Waals surface area contributed by atoms with Gasteiger partial charge < -0.3 is 5.73 Å². The van der Waals surface area contributed by atoms with Crippen LogP contribution in [0.3, 0.4) is 0 Å². The SMILES string of the molecule is N=C(N)N1C=C[C+]=N1. The molecular weight excluding hydrogens is 104 g/mol. The van der Waals surface area contributed by atoms with Gasteiger partial charge in [-0.25, -0.2) is 0 Å². The van der Waals surface area contributed by atoms with Crippen LogP contribution in [-0.4, -0.2) is 17.2 Å². The molecule has 0 amide bonds. The summed E-state index contributed by atoms with van der Waals surface area (Å²) in [6.07, 6.45) is 5.65. The van der Waals surface area contributed by atoms with Crippen molar-refractivity contribution in [1.82, 2.24) is 5.01 Å². The van der Waals surface area contributed by atoms with Crippen LogP contribution in [0.4, 0.5) is 0 Å². The second-order valence-electron chi connectivity index (χ2n) is 1.27. The molecule has 1 heterocycles. The molecule has 4 heteroatoms. The van der Waals surface area contributed by atoms with E-state index in [0.717, 1.165) is 0 Å². The first-order valence-electron chi connectivity index (χ1n) is 2.07. The van der Waals surface area contributed by atoms with E-state index >= 15 is 0 Å². The minimum Gasteiger partial charge on any atom is -0.367 e. The van der Waals surface area contributed by atoms with Gasteiger partial charge in [-0.3, -0.25) is 5.41 Å². The molecular formula is C4H5N4+. The van der Waals surface area contributed by atoms with Crippen molar-refractivity contribution in [2.75, 3.05) is 0 Å². The van der Waals surface area contributed by atoms with Gasteiger partial charge in [0.25, 0.3) is 0 Å². The number of nitrogens with zero attached hydrogens (tertiary/aromatic N) is 2. The Morgan fingerprint density at radius 3 is 2.88 bits per heavy atom. The average Bonchev–Trinajstić information content (AvgIpc) is 2.12. The molecule has 8 heavy (non-hydrogen) atoms. The van der Waals surface area contributed by atoms with Crippen molar-refractivity contribution in [3.63, 3.8) is 0 Å². The highest BCUT2D eigenvalue weighted by molar-refractivity contribution is 5.82. The average molecular weight is 109 g/mol. The standard InChI is InChI=1S/C4H5N4/c5-4(6)8-3-1-2-7-8/h1,3H,(H3,5,6)/q+1. The van der Waals surface area contributed by atoms with Crippen LogP contribution in [-0.2, 0) is 0 Å². The Kier molecular flexibility index (Phi) is 0.946. The molecule has 0 atom stereocenters. The fraction of sp³-hybridized carbons (Fsp3) is 0. The van der Waals surface area contributed by atoms with E-state index in [0.29, 0.717) is 0 Å². The highest BCUT2D eigenvalue weighted by atomic mass is 15.5. The molecule has 0 radical (unpaired) electrons. The number of hydrazone groups is 1. The summed E-state index contributed by atoms with van der Waals surface area (Å²) in [7, 11) is 0. The second kappa shape index (κ2) is 1.60. The molecule has 0 saturated heterocycles. The lowest BCUT2D eigenvalue weighted by atomic mass is 10.7. The minimum atomic E-state index is -0.0914. The fourth-order valence-corrected chi connectivity index (χ4v) is 0.367. The highest BCUT2D eigenvalue weighted by Crippen LogP contribution is 1.93. The summed E-state index contributed by atoms with van der Waals surface area (Å²) < 4.78 is 0. The lowest BCUT2D eigenvalue weighted by Gasteiger charge is -1.95. The van der Waals surface area contributed by atoms with Crippen molar-refractivity contribution < 1.29 is 0 Å². The number of allylic oxidation sites excluding steroid dienone is 1. The number of hydrogen-bond donors (Lipinski definition) is 2. The molecule has 4 nitrogen and oxygen atoms in total. The molecule has 0 fully saturated rings. The zero-order valence-corrected chi connectivity index (χ0v) is 4.13. The van der Waals surface area contributed by atoms with Gasteiger partial charge in [0.2, 0.25) is 18.3 Å². The third-order valence-electron chi connectivity index (χ3n) is 0.703. The Morgan fingerprint density at radius 2 is 2.62 bits per heavy atom. The summed E-state index contributed by atoms with van der Waals surface area (Å²) >= 11 is 0. The monoisotopic (exact) mass is 109 g/mol. The van der Waals surface area contributed by atoms with Gasteiger partial charge >= 0.3 is 0 Å². The number of guanidine groups is 1. The first kappa shape index (κ1) is 4.74. The molecule has 0 aromatic heterocycles. The number of nitrogens with two attached hydrogens (primary N) is 1. The summed E-state index contributed by atoms with van der Waals surface area (Å²) in [5, 5.41) is 11.6. The maximum Gasteiger partial charge on any atom is 0.242 e. The van der Waals surface area contributed by atoms with Crippen molar-refractivity contribution in [2.24, 2.45) is 10.8 Å². The molecule has 1 rings (SSSR count). The van der Waals surface area contributed by atoms with E-state index < -0.39 is 0 Å². The normalized spacial score (nSPS) is 14.2. The van der Waals surface area contributed by atoms with Crippen molar-refractivity contribution in [1.29, 1.82) is 5.41 Å². The first-order valence-corrected chi connectivity index (χ1v) is 2.07. The van der Waals surface area contributed by atoms with Gasteiger partial charge in [-0.1, -0.05) is 5.01 Å². The molecule has 0 unspecified atom stereocenters. The van der Waals surface area contributed by atoms with E-state index in [9.17, 15) is 0 Å². The summed E-state index contributed by atoms with van der Waals surface area (Å²) in [4.78, 5) is 0. The largest absolute Gasteiger partial charge is 0.367 e. The summed E-state index contributed by atoms with van der Waals surface area (Å²) in [5.74, 6) is -0.0914. The zero-order valence-electron chi connectivity index (χ0n) is 4.13. The number of nitrogens with one attached hydrogen (secondary N) is 1. The predicted molar refractivity (Wildman–Crippen MR) is 30.3 cm³/mol.